The third-order valence-corrected chi connectivity index (χ3v) is 5.59. The zero-order valence-corrected chi connectivity index (χ0v) is 15.2. The monoisotopic (exact) mass is 353 g/mol. The standard InChI is InChI=1S/C17H28BrN3/c1-13-10-21(11-14(2)20(13)4)17(3,12-19)9-15-5-7-16(18)8-6-15/h5-8,13-14H,9-12,19H2,1-4H3. The highest BCUT2D eigenvalue weighted by Crippen LogP contribution is 2.26. The lowest BCUT2D eigenvalue weighted by Crippen LogP contribution is -2.64. The second kappa shape index (κ2) is 6.78. The minimum Gasteiger partial charge on any atom is -0.329 e. The van der Waals surface area contributed by atoms with E-state index in [-0.39, 0.29) is 5.54 Å². The van der Waals surface area contributed by atoms with Gasteiger partial charge in [-0.15, -0.1) is 0 Å². The van der Waals surface area contributed by atoms with Gasteiger partial charge in [0.05, 0.1) is 0 Å². The van der Waals surface area contributed by atoms with E-state index >= 15 is 0 Å². The van der Waals surface area contributed by atoms with Crippen LogP contribution in [0.4, 0.5) is 0 Å². The van der Waals surface area contributed by atoms with Gasteiger partial charge in [-0.05, 0) is 51.9 Å². The molecule has 0 radical (unpaired) electrons. The Labute approximate surface area is 137 Å². The van der Waals surface area contributed by atoms with Crippen LogP contribution in [0.3, 0.4) is 0 Å². The topological polar surface area (TPSA) is 32.5 Å². The van der Waals surface area contributed by atoms with Gasteiger partial charge in [0.2, 0.25) is 0 Å². The van der Waals surface area contributed by atoms with Crippen molar-refractivity contribution in [1.82, 2.24) is 9.80 Å². The van der Waals surface area contributed by atoms with Crippen molar-refractivity contribution >= 4 is 15.9 Å². The molecular weight excluding hydrogens is 326 g/mol. The Bertz CT molecular complexity index is 450. The first kappa shape index (κ1) is 16.9. The first-order valence-corrected chi connectivity index (χ1v) is 8.56. The van der Waals surface area contributed by atoms with Crippen molar-refractivity contribution in [3.05, 3.63) is 34.3 Å². The van der Waals surface area contributed by atoms with Crippen LogP contribution in [0.5, 0.6) is 0 Å². The Kier molecular flexibility index (Phi) is 5.47. The highest BCUT2D eigenvalue weighted by molar-refractivity contribution is 9.10. The molecule has 1 aromatic rings. The number of benzene rings is 1. The van der Waals surface area contributed by atoms with Crippen LogP contribution in [0.2, 0.25) is 0 Å². The smallest absolute Gasteiger partial charge is 0.0345 e. The Morgan fingerprint density at radius 2 is 1.71 bits per heavy atom. The van der Waals surface area contributed by atoms with E-state index in [1.807, 2.05) is 0 Å². The van der Waals surface area contributed by atoms with Gasteiger partial charge in [-0.25, -0.2) is 0 Å². The molecule has 0 saturated carbocycles. The predicted octanol–water partition coefficient (Wildman–Crippen LogP) is 2.73. The molecule has 0 amide bonds. The quantitative estimate of drug-likeness (QED) is 0.903. The van der Waals surface area contributed by atoms with E-state index in [1.54, 1.807) is 0 Å². The van der Waals surface area contributed by atoms with Crippen molar-refractivity contribution in [2.24, 2.45) is 5.73 Å². The van der Waals surface area contributed by atoms with Crippen LogP contribution in [0.25, 0.3) is 0 Å². The number of hydrogen-bond acceptors (Lipinski definition) is 3. The number of rotatable bonds is 4. The summed E-state index contributed by atoms with van der Waals surface area (Å²) in [5, 5.41) is 0. The zero-order valence-electron chi connectivity index (χ0n) is 13.6. The second-order valence-corrected chi connectivity index (χ2v) is 7.69. The summed E-state index contributed by atoms with van der Waals surface area (Å²) in [7, 11) is 2.22. The summed E-state index contributed by atoms with van der Waals surface area (Å²) in [6.07, 6.45) is 1.000. The summed E-state index contributed by atoms with van der Waals surface area (Å²) in [4.78, 5) is 5.05. The van der Waals surface area contributed by atoms with E-state index in [0.29, 0.717) is 18.6 Å². The average Bonchev–Trinajstić information content (AvgIpc) is 2.46. The van der Waals surface area contributed by atoms with Gasteiger partial charge in [-0.2, -0.15) is 0 Å². The number of likely N-dealkylation sites (N-methyl/N-ethyl adjacent to an activating group) is 1. The Morgan fingerprint density at radius 3 is 2.19 bits per heavy atom. The Morgan fingerprint density at radius 1 is 1.19 bits per heavy atom. The lowest BCUT2D eigenvalue weighted by molar-refractivity contribution is -0.00219. The van der Waals surface area contributed by atoms with Gasteiger partial charge in [-0.1, -0.05) is 28.1 Å². The molecule has 0 bridgehead atoms. The third-order valence-electron chi connectivity index (χ3n) is 5.06. The fourth-order valence-electron chi connectivity index (χ4n) is 3.20. The van der Waals surface area contributed by atoms with Gasteiger partial charge in [0.1, 0.15) is 0 Å². The van der Waals surface area contributed by atoms with Crippen LogP contribution < -0.4 is 5.73 Å². The number of nitrogens with zero attached hydrogens (tertiary/aromatic N) is 2. The van der Waals surface area contributed by atoms with Gasteiger partial charge in [0.25, 0.3) is 0 Å². The minimum atomic E-state index is 0.0254. The zero-order chi connectivity index (χ0) is 15.6. The first-order valence-electron chi connectivity index (χ1n) is 7.77. The molecule has 0 spiro atoms. The molecule has 2 N–H and O–H groups in total. The predicted molar refractivity (Wildman–Crippen MR) is 93.6 cm³/mol. The molecule has 1 aliphatic rings. The average molecular weight is 354 g/mol. The van der Waals surface area contributed by atoms with Gasteiger partial charge in [0.15, 0.2) is 0 Å². The van der Waals surface area contributed by atoms with E-state index in [0.717, 1.165) is 24.0 Å². The van der Waals surface area contributed by atoms with E-state index in [9.17, 15) is 0 Å². The lowest BCUT2D eigenvalue weighted by atomic mass is 9.88. The molecule has 0 aromatic heterocycles. The maximum Gasteiger partial charge on any atom is 0.0345 e. The van der Waals surface area contributed by atoms with Gasteiger partial charge in [-0.3, -0.25) is 9.80 Å². The molecule has 4 heteroatoms. The van der Waals surface area contributed by atoms with Crippen molar-refractivity contribution < 1.29 is 0 Å². The van der Waals surface area contributed by atoms with Gasteiger partial charge >= 0.3 is 0 Å². The van der Waals surface area contributed by atoms with E-state index in [4.69, 9.17) is 5.73 Å². The van der Waals surface area contributed by atoms with Crippen LogP contribution in [-0.4, -0.2) is 54.1 Å². The number of piperazine rings is 1. The van der Waals surface area contributed by atoms with Crippen molar-refractivity contribution in [3.63, 3.8) is 0 Å². The van der Waals surface area contributed by atoms with Crippen LogP contribution in [0.15, 0.2) is 28.7 Å². The molecule has 3 atom stereocenters. The molecule has 21 heavy (non-hydrogen) atoms. The second-order valence-electron chi connectivity index (χ2n) is 6.77. The van der Waals surface area contributed by atoms with Gasteiger partial charge < -0.3 is 5.73 Å². The van der Waals surface area contributed by atoms with Crippen molar-refractivity contribution in [3.8, 4) is 0 Å². The molecule has 118 valence electrons. The third kappa shape index (κ3) is 3.86. The first-order chi connectivity index (χ1) is 9.85. The van der Waals surface area contributed by atoms with E-state index in [2.05, 4.69) is 77.8 Å². The molecular formula is C17H28BrN3. The molecule has 1 fully saturated rings. The summed E-state index contributed by atoms with van der Waals surface area (Å²) in [6.45, 7) is 9.78. The molecule has 3 nitrogen and oxygen atoms in total. The minimum absolute atomic E-state index is 0.0254. The Balaban J connectivity index is 2.14. The summed E-state index contributed by atoms with van der Waals surface area (Å²) >= 11 is 3.50. The van der Waals surface area contributed by atoms with Crippen molar-refractivity contribution in [2.75, 3.05) is 26.7 Å². The lowest BCUT2D eigenvalue weighted by Gasteiger charge is -2.50. The number of hydrogen-bond donors (Lipinski definition) is 1. The van der Waals surface area contributed by atoms with Crippen molar-refractivity contribution in [2.45, 2.75) is 44.8 Å². The largest absolute Gasteiger partial charge is 0.329 e. The van der Waals surface area contributed by atoms with Gasteiger partial charge in [0, 0.05) is 41.7 Å². The van der Waals surface area contributed by atoms with Crippen LogP contribution in [0, 0.1) is 0 Å². The summed E-state index contributed by atoms with van der Waals surface area (Å²) < 4.78 is 1.13. The van der Waals surface area contributed by atoms with E-state index in [1.165, 1.54) is 5.56 Å². The molecule has 1 aliphatic heterocycles. The summed E-state index contributed by atoms with van der Waals surface area (Å²) in [5.74, 6) is 0. The maximum atomic E-state index is 6.18. The molecule has 2 rings (SSSR count). The molecule has 3 unspecified atom stereocenters. The highest BCUT2D eigenvalue weighted by atomic mass is 79.9. The van der Waals surface area contributed by atoms with Crippen LogP contribution >= 0.6 is 15.9 Å². The Hall–Kier alpha value is -0.420. The SMILES string of the molecule is CC1CN(C(C)(CN)Cc2ccc(Br)cc2)CC(C)N1C. The highest BCUT2D eigenvalue weighted by Gasteiger charge is 2.37. The summed E-state index contributed by atoms with van der Waals surface area (Å²) in [6, 6.07) is 9.76. The van der Waals surface area contributed by atoms with Crippen molar-refractivity contribution in [1.29, 1.82) is 0 Å². The molecule has 0 aliphatic carbocycles. The number of halogens is 1. The normalized spacial score (nSPS) is 27.5. The summed E-state index contributed by atoms with van der Waals surface area (Å²) in [5.41, 5.74) is 7.55. The fourth-order valence-corrected chi connectivity index (χ4v) is 3.46. The molecule has 1 aromatic carbocycles. The van der Waals surface area contributed by atoms with E-state index < -0.39 is 0 Å². The van der Waals surface area contributed by atoms with Crippen LogP contribution in [0.1, 0.15) is 26.3 Å². The molecule has 1 saturated heterocycles. The molecule has 1 heterocycles. The fraction of sp³-hybridized carbons (Fsp3) is 0.647. The number of nitrogens with two attached hydrogens (primary N) is 1. The van der Waals surface area contributed by atoms with Crippen LogP contribution in [-0.2, 0) is 6.42 Å². The maximum absolute atomic E-state index is 6.18.